The van der Waals surface area contributed by atoms with Gasteiger partial charge in [-0.15, -0.1) is 0 Å². The second-order valence-corrected chi connectivity index (χ2v) is 5.37. The Hall–Kier alpha value is -1.02. The van der Waals surface area contributed by atoms with Gasteiger partial charge in [-0.1, -0.05) is 0 Å². The van der Waals surface area contributed by atoms with E-state index in [0.29, 0.717) is 19.8 Å². The van der Waals surface area contributed by atoms with Gasteiger partial charge in [0, 0.05) is 23.8 Å². The van der Waals surface area contributed by atoms with Crippen molar-refractivity contribution in [2.75, 3.05) is 40.0 Å². The van der Waals surface area contributed by atoms with Crippen LogP contribution >= 0.6 is 15.9 Å². The molecule has 1 N–H and O–H groups in total. The molecule has 1 unspecified atom stereocenters. The largest absolute Gasteiger partial charge is 0.467 e. The lowest BCUT2D eigenvalue weighted by Crippen LogP contribution is -2.44. The topological polar surface area (TPSA) is 69.7 Å². The molecule has 2 rings (SSSR count). The van der Waals surface area contributed by atoms with E-state index in [1.165, 1.54) is 7.11 Å². The number of pyridine rings is 1. The highest BCUT2D eigenvalue weighted by Crippen LogP contribution is 2.26. The zero-order chi connectivity index (χ0) is 14.4. The highest BCUT2D eigenvalue weighted by Gasteiger charge is 2.37. The number of hydrogen-bond donors (Lipinski definition) is 1. The van der Waals surface area contributed by atoms with Gasteiger partial charge in [0.2, 0.25) is 0 Å². The van der Waals surface area contributed by atoms with Crippen molar-refractivity contribution in [3.8, 4) is 0 Å². The molecular weight excluding hydrogens is 328 g/mol. The minimum atomic E-state index is -0.786. The summed E-state index contributed by atoms with van der Waals surface area (Å²) in [5, 5.41) is 3.24. The van der Waals surface area contributed by atoms with Gasteiger partial charge in [-0.25, -0.2) is 4.79 Å². The Morgan fingerprint density at radius 1 is 1.60 bits per heavy atom. The maximum atomic E-state index is 11.3. The molecule has 0 radical (unpaired) electrons. The number of hydrogen-bond acceptors (Lipinski definition) is 6. The van der Waals surface area contributed by atoms with Gasteiger partial charge < -0.3 is 19.5 Å². The molecule has 7 heteroatoms. The molecular formula is C13H17BrN2O4. The van der Waals surface area contributed by atoms with Gasteiger partial charge in [0.15, 0.2) is 0 Å². The zero-order valence-electron chi connectivity index (χ0n) is 11.2. The van der Waals surface area contributed by atoms with Crippen LogP contribution in [0.25, 0.3) is 0 Å². The first-order chi connectivity index (χ1) is 9.66. The number of esters is 1. The number of nitrogens with zero attached hydrogens (tertiary/aromatic N) is 1. The third-order valence-electron chi connectivity index (χ3n) is 3.06. The summed E-state index contributed by atoms with van der Waals surface area (Å²) in [5.74, 6) is -0.425. The fourth-order valence-electron chi connectivity index (χ4n) is 1.96. The number of nitrogens with one attached hydrogen (secondary N) is 1. The molecule has 0 aliphatic carbocycles. The minimum Gasteiger partial charge on any atom is -0.467 e. The van der Waals surface area contributed by atoms with Crippen molar-refractivity contribution in [3.05, 3.63) is 28.5 Å². The lowest BCUT2D eigenvalue weighted by atomic mass is 9.99. The second kappa shape index (κ2) is 7.12. The SMILES string of the molecule is COC(=O)COC1(c2ccc(Br)cn2)CNCCOC1. The fourth-order valence-corrected chi connectivity index (χ4v) is 2.19. The summed E-state index contributed by atoms with van der Waals surface area (Å²) in [6, 6.07) is 3.74. The predicted molar refractivity (Wildman–Crippen MR) is 75.3 cm³/mol. The van der Waals surface area contributed by atoms with Gasteiger partial charge in [-0.2, -0.15) is 0 Å². The van der Waals surface area contributed by atoms with E-state index in [-0.39, 0.29) is 6.61 Å². The summed E-state index contributed by atoms with van der Waals surface area (Å²) in [4.78, 5) is 15.7. The van der Waals surface area contributed by atoms with Crippen LogP contribution in [0, 0.1) is 0 Å². The van der Waals surface area contributed by atoms with E-state index < -0.39 is 11.6 Å². The van der Waals surface area contributed by atoms with E-state index in [1.54, 1.807) is 6.20 Å². The molecule has 1 aromatic heterocycles. The molecule has 0 saturated carbocycles. The van der Waals surface area contributed by atoms with Gasteiger partial charge in [0.1, 0.15) is 12.2 Å². The molecule has 6 nitrogen and oxygen atoms in total. The smallest absolute Gasteiger partial charge is 0.331 e. The molecule has 110 valence electrons. The van der Waals surface area contributed by atoms with Crippen LogP contribution in [0.1, 0.15) is 5.69 Å². The third kappa shape index (κ3) is 3.76. The van der Waals surface area contributed by atoms with Crippen LogP contribution in [0.5, 0.6) is 0 Å². The van der Waals surface area contributed by atoms with E-state index >= 15 is 0 Å². The van der Waals surface area contributed by atoms with E-state index in [4.69, 9.17) is 9.47 Å². The number of aromatic nitrogens is 1. The summed E-state index contributed by atoms with van der Waals surface area (Å²) in [6.45, 7) is 2.06. The molecule has 0 aromatic carbocycles. The molecule has 0 spiro atoms. The summed E-state index contributed by atoms with van der Waals surface area (Å²) in [6.07, 6.45) is 1.70. The van der Waals surface area contributed by atoms with Crippen molar-refractivity contribution in [2.45, 2.75) is 5.60 Å². The van der Waals surface area contributed by atoms with Gasteiger partial charge in [0.05, 0.1) is 26.0 Å². The monoisotopic (exact) mass is 344 g/mol. The van der Waals surface area contributed by atoms with E-state index in [0.717, 1.165) is 16.7 Å². The first kappa shape index (κ1) is 15.4. The number of methoxy groups -OCH3 is 1. The normalized spacial score (nSPS) is 23.1. The van der Waals surface area contributed by atoms with Crippen LogP contribution in [0.3, 0.4) is 0 Å². The first-order valence-electron chi connectivity index (χ1n) is 6.27. The van der Waals surface area contributed by atoms with E-state index in [9.17, 15) is 4.79 Å². The van der Waals surface area contributed by atoms with Gasteiger partial charge in [0.25, 0.3) is 0 Å². The lowest BCUT2D eigenvalue weighted by molar-refractivity contribution is -0.158. The first-order valence-corrected chi connectivity index (χ1v) is 7.07. The Morgan fingerprint density at radius 3 is 3.15 bits per heavy atom. The Morgan fingerprint density at radius 2 is 2.45 bits per heavy atom. The van der Waals surface area contributed by atoms with Crippen molar-refractivity contribution in [1.29, 1.82) is 0 Å². The summed E-state index contributed by atoms with van der Waals surface area (Å²) in [7, 11) is 1.33. The summed E-state index contributed by atoms with van der Waals surface area (Å²) < 4.78 is 16.9. The van der Waals surface area contributed by atoms with Crippen molar-refractivity contribution in [3.63, 3.8) is 0 Å². The minimum absolute atomic E-state index is 0.140. The van der Waals surface area contributed by atoms with Crippen LogP contribution in [0.15, 0.2) is 22.8 Å². The van der Waals surface area contributed by atoms with Gasteiger partial charge in [-0.3, -0.25) is 4.98 Å². The van der Waals surface area contributed by atoms with E-state index in [1.807, 2.05) is 12.1 Å². The zero-order valence-corrected chi connectivity index (χ0v) is 12.8. The maximum absolute atomic E-state index is 11.3. The van der Waals surface area contributed by atoms with Crippen molar-refractivity contribution in [1.82, 2.24) is 10.3 Å². The predicted octanol–water partition coefficient (Wildman–Crippen LogP) is 0.849. The molecule has 0 bridgehead atoms. The van der Waals surface area contributed by atoms with Crippen LogP contribution in [-0.4, -0.2) is 51.0 Å². The molecule has 1 aliphatic heterocycles. The average molecular weight is 345 g/mol. The molecule has 1 aromatic rings. The summed E-state index contributed by atoms with van der Waals surface area (Å²) in [5.41, 5.74) is -0.0650. The molecule has 20 heavy (non-hydrogen) atoms. The number of carbonyl (C=O) groups excluding carboxylic acids is 1. The van der Waals surface area contributed by atoms with Crippen molar-refractivity contribution < 1.29 is 19.0 Å². The molecule has 1 aliphatic rings. The average Bonchev–Trinajstić information content (AvgIpc) is 2.72. The molecule has 0 amide bonds. The van der Waals surface area contributed by atoms with Crippen LogP contribution in [0.2, 0.25) is 0 Å². The van der Waals surface area contributed by atoms with Crippen LogP contribution < -0.4 is 5.32 Å². The number of ether oxygens (including phenoxy) is 3. The molecule has 2 heterocycles. The van der Waals surface area contributed by atoms with Gasteiger partial charge >= 0.3 is 5.97 Å². The maximum Gasteiger partial charge on any atom is 0.331 e. The highest BCUT2D eigenvalue weighted by molar-refractivity contribution is 9.10. The summed E-state index contributed by atoms with van der Waals surface area (Å²) >= 11 is 3.35. The number of rotatable bonds is 4. The highest BCUT2D eigenvalue weighted by atomic mass is 79.9. The standard InChI is InChI=1S/C13H17BrN2O4/c1-18-12(17)7-20-13(8-15-4-5-19-9-13)11-3-2-10(14)6-16-11/h2-3,6,15H,4-5,7-9H2,1H3. The van der Waals surface area contributed by atoms with Crippen molar-refractivity contribution >= 4 is 21.9 Å². The van der Waals surface area contributed by atoms with Crippen LogP contribution in [0.4, 0.5) is 0 Å². The Balaban J connectivity index is 2.22. The third-order valence-corrected chi connectivity index (χ3v) is 3.53. The molecule has 1 saturated heterocycles. The Labute approximate surface area is 125 Å². The van der Waals surface area contributed by atoms with Gasteiger partial charge in [-0.05, 0) is 28.1 Å². The quantitative estimate of drug-likeness (QED) is 0.816. The molecule has 1 fully saturated rings. The van der Waals surface area contributed by atoms with Crippen molar-refractivity contribution in [2.24, 2.45) is 0 Å². The fraction of sp³-hybridized carbons (Fsp3) is 0.538. The molecule has 1 atom stereocenters. The Kier molecular flexibility index (Phi) is 5.47. The lowest BCUT2D eigenvalue weighted by Gasteiger charge is -2.31. The Bertz CT molecular complexity index is 444. The van der Waals surface area contributed by atoms with E-state index in [2.05, 4.69) is 31.0 Å². The number of halogens is 1. The van der Waals surface area contributed by atoms with Crippen LogP contribution in [-0.2, 0) is 24.6 Å². The number of carbonyl (C=O) groups is 1. The second-order valence-electron chi connectivity index (χ2n) is 4.45.